The molecule has 0 aliphatic rings. The van der Waals surface area contributed by atoms with Crippen LogP contribution < -0.4 is 43.4 Å². The molecule has 2 aromatic carbocycles. The Morgan fingerprint density at radius 2 is 1.17 bits per heavy atom. The van der Waals surface area contributed by atoms with E-state index in [0.29, 0.717) is 16.9 Å². The van der Waals surface area contributed by atoms with Crippen molar-refractivity contribution in [1.82, 2.24) is 31.9 Å². The van der Waals surface area contributed by atoms with Crippen molar-refractivity contribution in [2.24, 2.45) is 11.5 Å². The maximum Gasteiger partial charge on any atom is 0.243 e. The molecule has 0 bridgehead atoms. The van der Waals surface area contributed by atoms with Crippen molar-refractivity contribution in [2.45, 2.75) is 82.7 Å². The standard InChI is InChI=1S/C35H50N8O8S/c1-20(38-31(48)25(15-16-52-5)40-28(45)19-36)29(46)41-26(18-23-11-13-24(44)14-12-23)32(49)39-21(2)30(47)42-27(17-22-9-7-6-8-10-22)33(50)43-35(3,4)34(37)51/h6-14,20-21,25-27,44H,15-19,36H2,1-5H3,(H2,37,51)(H,38,48)(H,39,49)(H,40,45)(H,41,46)(H,42,47)(H,43,50)/t20-,21+,25-,26-,27-/m0/s1. The van der Waals surface area contributed by atoms with Gasteiger partial charge in [-0.3, -0.25) is 33.6 Å². The highest BCUT2D eigenvalue weighted by molar-refractivity contribution is 7.98. The average Bonchev–Trinajstić information content (AvgIpc) is 3.10. The summed E-state index contributed by atoms with van der Waals surface area (Å²) in [6.07, 6.45) is 2.13. The van der Waals surface area contributed by atoms with Crippen LogP contribution in [0.3, 0.4) is 0 Å². The summed E-state index contributed by atoms with van der Waals surface area (Å²) in [7, 11) is 0. The van der Waals surface area contributed by atoms with E-state index in [0.717, 1.165) is 0 Å². The third-order valence-corrected chi connectivity index (χ3v) is 8.57. The summed E-state index contributed by atoms with van der Waals surface area (Å²) in [6.45, 7) is 5.33. The third-order valence-electron chi connectivity index (χ3n) is 7.93. The van der Waals surface area contributed by atoms with Gasteiger partial charge in [0.1, 0.15) is 41.5 Å². The first-order valence-electron chi connectivity index (χ1n) is 16.6. The molecule has 0 radical (unpaired) electrons. The number of phenolic OH excluding ortho intramolecular Hbond substituents is 1. The Kier molecular flexibility index (Phi) is 17.1. The van der Waals surface area contributed by atoms with Gasteiger partial charge in [0.2, 0.25) is 41.4 Å². The lowest BCUT2D eigenvalue weighted by Crippen LogP contribution is -2.61. The first-order valence-corrected chi connectivity index (χ1v) is 18.0. The lowest BCUT2D eigenvalue weighted by Gasteiger charge is -2.28. The Morgan fingerprint density at radius 3 is 1.65 bits per heavy atom. The summed E-state index contributed by atoms with van der Waals surface area (Å²) in [5.41, 5.74) is 10.7. The highest BCUT2D eigenvalue weighted by Gasteiger charge is 2.33. The number of carbonyl (C=O) groups excluding carboxylic acids is 7. The van der Waals surface area contributed by atoms with Gasteiger partial charge in [-0.15, -0.1) is 0 Å². The number of nitrogens with two attached hydrogens (primary N) is 2. The lowest BCUT2D eigenvalue weighted by atomic mass is 10.0. The van der Waals surface area contributed by atoms with Crippen LogP contribution in [0.25, 0.3) is 0 Å². The topological polar surface area (TPSA) is 264 Å². The summed E-state index contributed by atoms with van der Waals surface area (Å²) in [4.78, 5) is 90.3. The molecule has 0 unspecified atom stereocenters. The Bertz CT molecular complexity index is 1560. The van der Waals surface area contributed by atoms with E-state index < -0.39 is 77.1 Å². The van der Waals surface area contributed by atoms with Crippen molar-refractivity contribution in [3.8, 4) is 5.75 Å². The molecule has 2 rings (SSSR count). The SMILES string of the molecule is CSCC[C@H](NC(=O)CN)C(=O)N[C@@H](C)C(=O)N[C@@H](Cc1ccc(O)cc1)C(=O)N[C@H](C)C(=O)N[C@@H](Cc1ccccc1)C(=O)NC(C)(C)C(N)=O. The molecular weight excluding hydrogens is 692 g/mol. The molecule has 0 aliphatic heterocycles. The van der Waals surface area contributed by atoms with Crippen LogP contribution in [0.1, 0.15) is 45.2 Å². The first-order chi connectivity index (χ1) is 24.5. The molecule has 52 heavy (non-hydrogen) atoms. The molecule has 5 atom stereocenters. The van der Waals surface area contributed by atoms with Crippen molar-refractivity contribution in [2.75, 3.05) is 18.6 Å². The molecule has 0 aromatic heterocycles. The smallest absolute Gasteiger partial charge is 0.243 e. The number of nitrogens with one attached hydrogen (secondary N) is 6. The molecule has 0 heterocycles. The molecule has 11 N–H and O–H groups in total. The predicted molar refractivity (Wildman–Crippen MR) is 196 cm³/mol. The Balaban J connectivity index is 2.23. The average molecular weight is 743 g/mol. The number of benzene rings is 2. The van der Waals surface area contributed by atoms with Gasteiger partial charge in [0.25, 0.3) is 0 Å². The van der Waals surface area contributed by atoms with Crippen LogP contribution in [0, 0.1) is 0 Å². The number of hydrogen-bond donors (Lipinski definition) is 9. The minimum atomic E-state index is -1.42. The van der Waals surface area contributed by atoms with Gasteiger partial charge < -0.3 is 48.5 Å². The van der Waals surface area contributed by atoms with Gasteiger partial charge >= 0.3 is 0 Å². The maximum atomic E-state index is 13.6. The molecule has 16 nitrogen and oxygen atoms in total. The van der Waals surface area contributed by atoms with E-state index >= 15 is 0 Å². The van der Waals surface area contributed by atoms with Gasteiger partial charge in [-0.05, 0) is 69.4 Å². The molecule has 17 heteroatoms. The summed E-state index contributed by atoms with van der Waals surface area (Å²) in [6, 6.07) is 9.08. The molecule has 0 aliphatic carbocycles. The minimum absolute atomic E-state index is 0.0125. The molecular formula is C35H50N8O8S. The Labute approximate surface area is 307 Å². The summed E-state index contributed by atoms with van der Waals surface area (Å²) >= 11 is 1.47. The monoisotopic (exact) mass is 742 g/mol. The fourth-order valence-corrected chi connectivity index (χ4v) is 5.17. The largest absolute Gasteiger partial charge is 0.508 e. The molecule has 0 saturated heterocycles. The zero-order valence-corrected chi connectivity index (χ0v) is 30.8. The fourth-order valence-electron chi connectivity index (χ4n) is 4.70. The zero-order valence-electron chi connectivity index (χ0n) is 30.0. The number of amides is 7. The van der Waals surface area contributed by atoms with E-state index in [9.17, 15) is 38.7 Å². The van der Waals surface area contributed by atoms with Gasteiger partial charge in [-0.1, -0.05) is 42.5 Å². The predicted octanol–water partition coefficient (Wildman–Crippen LogP) is -1.27. The summed E-state index contributed by atoms with van der Waals surface area (Å²) in [5.74, 6) is -4.28. The first kappa shape index (κ1) is 43.0. The molecule has 0 fully saturated rings. The summed E-state index contributed by atoms with van der Waals surface area (Å²) in [5, 5.41) is 25.2. The third kappa shape index (κ3) is 14.2. The van der Waals surface area contributed by atoms with E-state index in [1.807, 2.05) is 6.26 Å². The van der Waals surface area contributed by atoms with Crippen LogP contribution in [0.5, 0.6) is 5.75 Å². The van der Waals surface area contributed by atoms with Gasteiger partial charge in [0, 0.05) is 12.8 Å². The highest BCUT2D eigenvalue weighted by atomic mass is 32.2. The van der Waals surface area contributed by atoms with Gasteiger partial charge in [-0.25, -0.2) is 0 Å². The second-order valence-corrected chi connectivity index (χ2v) is 13.7. The fraction of sp³-hybridized carbons (Fsp3) is 0.457. The zero-order chi connectivity index (χ0) is 39.0. The van der Waals surface area contributed by atoms with Crippen LogP contribution in [0.15, 0.2) is 54.6 Å². The van der Waals surface area contributed by atoms with Gasteiger partial charge in [0.05, 0.1) is 6.54 Å². The van der Waals surface area contributed by atoms with E-state index in [-0.39, 0.29) is 31.6 Å². The van der Waals surface area contributed by atoms with E-state index in [1.54, 1.807) is 42.5 Å². The van der Waals surface area contributed by atoms with Crippen molar-refractivity contribution in [3.63, 3.8) is 0 Å². The van der Waals surface area contributed by atoms with E-state index in [2.05, 4.69) is 31.9 Å². The van der Waals surface area contributed by atoms with Crippen LogP contribution in [0.2, 0.25) is 0 Å². The van der Waals surface area contributed by atoms with E-state index in [1.165, 1.54) is 51.6 Å². The molecule has 284 valence electrons. The number of aromatic hydroxyl groups is 1. The molecule has 7 amide bonds. The highest BCUT2D eigenvalue weighted by Crippen LogP contribution is 2.12. The lowest BCUT2D eigenvalue weighted by molar-refractivity contribution is -0.135. The van der Waals surface area contributed by atoms with Crippen molar-refractivity contribution < 1.29 is 38.7 Å². The number of rotatable bonds is 20. The molecule has 0 saturated carbocycles. The van der Waals surface area contributed by atoms with Crippen molar-refractivity contribution >= 4 is 53.1 Å². The quantitative estimate of drug-likeness (QED) is 0.0777. The van der Waals surface area contributed by atoms with Gasteiger partial charge in [0.15, 0.2) is 0 Å². The Morgan fingerprint density at radius 1 is 0.692 bits per heavy atom. The summed E-state index contributed by atoms with van der Waals surface area (Å²) < 4.78 is 0. The van der Waals surface area contributed by atoms with Crippen LogP contribution in [-0.2, 0) is 46.4 Å². The minimum Gasteiger partial charge on any atom is -0.508 e. The number of carbonyl (C=O) groups is 7. The number of thioether (sulfide) groups is 1. The van der Waals surface area contributed by atoms with Crippen molar-refractivity contribution in [1.29, 1.82) is 0 Å². The van der Waals surface area contributed by atoms with Gasteiger partial charge in [-0.2, -0.15) is 11.8 Å². The second-order valence-electron chi connectivity index (χ2n) is 12.7. The number of phenols is 1. The van der Waals surface area contributed by atoms with Crippen LogP contribution >= 0.6 is 11.8 Å². The number of hydrogen-bond acceptors (Lipinski definition) is 10. The molecule has 0 spiro atoms. The molecule has 2 aromatic rings. The normalized spacial score (nSPS) is 14.0. The van der Waals surface area contributed by atoms with Crippen molar-refractivity contribution in [3.05, 3.63) is 65.7 Å². The van der Waals surface area contributed by atoms with E-state index in [4.69, 9.17) is 11.5 Å². The van der Waals surface area contributed by atoms with Crippen LogP contribution in [-0.4, -0.2) is 101 Å². The maximum absolute atomic E-state index is 13.6. The number of primary amides is 1. The Hall–Kier alpha value is -5.16. The second kappa shape index (κ2) is 20.6. The van der Waals surface area contributed by atoms with Crippen LogP contribution in [0.4, 0.5) is 0 Å².